The van der Waals surface area contributed by atoms with Gasteiger partial charge in [0.15, 0.2) is 0 Å². The monoisotopic (exact) mass is 322 g/mol. The second kappa shape index (κ2) is 6.02. The number of non-ortho nitro benzene ring substituents is 1. The maximum Gasteiger partial charge on any atom is 0.407 e. The molecule has 9 nitrogen and oxygen atoms in total. The molecule has 1 aromatic carbocycles. The summed E-state index contributed by atoms with van der Waals surface area (Å²) < 4.78 is 10.4. The Bertz CT molecular complexity index is 719. The molecule has 10 heteroatoms. The number of rotatable bonds is 5. The van der Waals surface area contributed by atoms with Crippen LogP contribution in [-0.4, -0.2) is 39.6 Å². The lowest BCUT2D eigenvalue weighted by Gasteiger charge is -2.03. The Balaban J connectivity index is 1.67. The molecular weight excluding hydrogens is 312 g/mol. The molecule has 1 aliphatic heterocycles. The summed E-state index contributed by atoms with van der Waals surface area (Å²) in [5.41, 5.74) is 0.427. The minimum Gasteiger partial charge on any atom is -0.443 e. The van der Waals surface area contributed by atoms with Gasteiger partial charge in [-0.15, -0.1) is 10.2 Å². The van der Waals surface area contributed by atoms with Gasteiger partial charge in [-0.2, -0.15) is 0 Å². The van der Waals surface area contributed by atoms with E-state index in [-0.39, 0.29) is 17.7 Å². The number of nitro benzene ring substituents is 1. The van der Waals surface area contributed by atoms with Gasteiger partial charge in [0.1, 0.15) is 6.10 Å². The SMILES string of the molecule is O=C1NCC(CSc2nnc(-c3cccc([N+](=O)[O-])c3)o2)O1. The highest BCUT2D eigenvalue weighted by Crippen LogP contribution is 2.26. The number of hydrogen-bond donors (Lipinski definition) is 1. The smallest absolute Gasteiger partial charge is 0.407 e. The van der Waals surface area contributed by atoms with E-state index in [9.17, 15) is 14.9 Å². The number of amides is 1. The molecule has 1 N–H and O–H groups in total. The first-order valence-electron chi connectivity index (χ1n) is 6.27. The average Bonchev–Trinajstić information content (AvgIpc) is 3.14. The maximum atomic E-state index is 10.9. The standard InChI is InChI=1S/C12H10N4O5S/c17-11-13-5-9(20-11)6-22-12-15-14-10(21-12)7-2-1-3-8(4-7)16(18)19/h1-4,9H,5-6H2,(H,13,17). The predicted octanol–water partition coefficient (Wildman–Crippen LogP) is 1.85. The zero-order valence-corrected chi connectivity index (χ0v) is 11.9. The molecule has 2 aromatic rings. The number of benzene rings is 1. The van der Waals surface area contributed by atoms with Crippen molar-refractivity contribution in [1.29, 1.82) is 0 Å². The van der Waals surface area contributed by atoms with Crippen LogP contribution in [0.4, 0.5) is 10.5 Å². The molecule has 1 aromatic heterocycles. The van der Waals surface area contributed by atoms with E-state index in [4.69, 9.17) is 9.15 Å². The van der Waals surface area contributed by atoms with Crippen molar-refractivity contribution in [3.05, 3.63) is 34.4 Å². The van der Waals surface area contributed by atoms with Crippen molar-refractivity contribution in [2.24, 2.45) is 0 Å². The fraction of sp³-hybridized carbons (Fsp3) is 0.250. The summed E-state index contributed by atoms with van der Waals surface area (Å²) in [6, 6.07) is 5.95. The molecule has 1 aliphatic rings. The number of nitro groups is 1. The van der Waals surface area contributed by atoms with Crippen LogP contribution in [0.5, 0.6) is 0 Å². The Kier molecular flexibility index (Phi) is 3.92. The largest absolute Gasteiger partial charge is 0.443 e. The molecule has 0 saturated carbocycles. The number of ether oxygens (including phenoxy) is 1. The molecule has 0 radical (unpaired) electrons. The van der Waals surface area contributed by atoms with Gasteiger partial charge in [-0.1, -0.05) is 17.8 Å². The number of alkyl carbamates (subject to hydrolysis) is 1. The summed E-state index contributed by atoms with van der Waals surface area (Å²) in [5, 5.41) is 21.3. The summed E-state index contributed by atoms with van der Waals surface area (Å²) in [6.07, 6.45) is -0.681. The topological polar surface area (TPSA) is 120 Å². The number of nitrogens with zero attached hydrogens (tertiary/aromatic N) is 3. The van der Waals surface area contributed by atoms with Gasteiger partial charge in [-0.05, 0) is 6.07 Å². The van der Waals surface area contributed by atoms with Crippen LogP contribution in [0.2, 0.25) is 0 Å². The molecule has 114 valence electrons. The minimum atomic E-state index is -0.489. The fourth-order valence-corrected chi connectivity index (χ4v) is 2.58. The molecule has 0 spiro atoms. The molecule has 2 heterocycles. The van der Waals surface area contributed by atoms with Crippen LogP contribution >= 0.6 is 11.8 Å². The third kappa shape index (κ3) is 3.17. The molecule has 22 heavy (non-hydrogen) atoms. The van der Waals surface area contributed by atoms with Crippen LogP contribution in [0.3, 0.4) is 0 Å². The number of aromatic nitrogens is 2. The number of thioether (sulfide) groups is 1. The van der Waals surface area contributed by atoms with Crippen molar-refractivity contribution in [1.82, 2.24) is 15.5 Å². The molecule has 0 bridgehead atoms. The highest BCUT2D eigenvalue weighted by molar-refractivity contribution is 7.99. The van der Waals surface area contributed by atoms with Crippen LogP contribution < -0.4 is 5.32 Å². The Morgan fingerprint density at radius 3 is 3.05 bits per heavy atom. The van der Waals surface area contributed by atoms with E-state index in [1.165, 1.54) is 23.9 Å². The lowest BCUT2D eigenvalue weighted by molar-refractivity contribution is -0.384. The number of cyclic esters (lactones) is 1. The van der Waals surface area contributed by atoms with E-state index in [0.717, 1.165) is 0 Å². The van der Waals surface area contributed by atoms with E-state index in [2.05, 4.69) is 15.5 Å². The molecule has 0 aliphatic carbocycles. The zero-order chi connectivity index (χ0) is 15.5. The van der Waals surface area contributed by atoms with Crippen molar-refractivity contribution < 1.29 is 18.9 Å². The van der Waals surface area contributed by atoms with Gasteiger partial charge in [0.05, 0.1) is 11.5 Å². The Morgan fingerprint density at radius 2 is 2.32 bits per heavy atom. The van der Waals surface area contributed by atoms with Crippen molar-refractivity contribution in [3.8, 4) is 11.5 Å². The van der Waals surface area contributed by atoms with Crippen molar-refractivity contribution >= 4 is 23.5 Å². The fourth-order valence-electron chi connectivity index (χ4n) is 1.83. The summed E-state index contributed by atoms with van der Waals surface area (Å²) in [7, 11) is 0. The summed E-state index contributed by atoms with van der Waals surface area (Å²) in [4.78, 5) is 21.2. The number of hydrogen-bond acceptors (Lipinski definition) is 8. The van der Waals surface area contributed by atoms with Crippen molar-refractivity contribution in [2.45, 2.75) is 11.3 Å². The molecule has 1 saturated heterocycles. The van der Waals surface area contributed by atoms with Gasteiger partial charge in [-0.25, -0.2) is 4.79 Å². The first kappa shape index (κ1) is 14.3. The summed E-state index contributed by atoms with van der Waals surface area (Å²) >= 11 is 1.25. The Morgan fingerprint density at radius 1 is 1.45 bits per heavy atom. The first-order valence-corrected chi connectivity index (χ1v) is 7.26. The third-order valence-electron chi connectivity index (χ3n) is 2.85. The lowest BCUT2D eigenvalue weighted by atomic mass is 10.2. The molecule has 1 amide bonds. The van der Waals surface area contributed by atoms with E-state index in [0.29, 0.717) is 23.1 Å². The highest BCUT2D eigenvalue weighted by atomic mass is 32.2. The quantitative estimate of drug-likeness (QED) is 0.503. The zero-order valence-electron chi connectivity index (χ0n) is 11.1. The highest BCUT2D eigenvalue weighted by Gasteiger charge is 2.23. The summed E-state index contributed by atoms with van der Waals surface area (Å²) in [5.74, 6) is 0.683. The van der Waals surface area contributed by atoms with Crippen molar-refractivity contribution in [2.75, 3.05) is 12.3 Å². The second-order valence-corrected chi connectivity index (χ2v) is 5.37. The van der Waals surface area contributed by atoms with Gasteiger partial charge in [0, 0.05) is 23.4 Å². The molecule has 1 fully saturated rings. The Hall–Kier alpha value is -2.62. The molecule has 1 atom stereocenters. The first-order chi connectivity index (χ1) is 10.6. The average molecular weight is 322 g/mol. The van der Waals surface area contributed by atoms with E-state index in [1.54, 1.807) is 12.1 Å². The second-order valence-electron chi connectivity index (χ2n) is 4.40. The molecule has 1 unspecified atom stereocenters. The van der Waals surface area contributed by atoms with Crippen molar-refractivity contribution in [3.63, 3.8) is 0 Å². The van der Waals surface area contributed by atoms with Gasteiger partial charge < -0.3 is 14.5 Å². The van der Waals surface area contributed by atoms with Crippen LogP contribution in [0.15, 0.2) is 33.9 Å². The van der Waals surface area contributed by atoms with E-state index >= 15 is 0 Å². The summed E-state index contributed by atoms with van der Waals surface area (Å²) in [6.45, 7) is 0.442. The van der Waals surface area contributed by atoms with E-state index in [1.807, 2.05) is 0 Å². The molecule has 3 rings (SSSR count). The van der Waals surface area contributed by atoms with Gasteiger partial charge in [0.2, 0.25) is 5.89 Å². The minimum absolute atomic E-state index is 0.0474. The third-order valence-corrected chi connectivity index (χ3v) is 3.80. The van der Waals surface area contributed by atoms with Crippen LogP contribution in [0.1, 0.15) is 0 Å². The molecular formula is C12H10N4O5S. The predicted molar refractivity (Wildman–Crippen MR) is 75.4 cm³/mol. The van der Waals surface area contributed by atoms with Gasteiger partial charge >= 0.3 is 6.09 Å². The number of nitrogens with one attached hydrogen (secondary N) is 1. The number of carbonyl (C=O) groups excluding carboxylic acids is 1. The lowest BCUT2D eigenvalue weighted by Crippen LogP contribution is -2.16. The Labute approximate surface area is 128 Å². The van der Waals surface area contributed by atoms with E-state index < -0.39 is 11.0 Å². The normalized spacial score (nSPS) is 17.1. The van der Waals surface area contributed by atoms with Gasteiger partial charge in [-0.3, -0.25) is 10.1 Å². The van der Waals surface area contributed by atoms with Crippen LogP contribution in [0.25, 0.3) is 11.5 Å². The van der Waals surface area contributed by atoms with Crippen LogP contribution in [-0.2, 0) is 4.74 Å². The maximum absolute atomic E-state index is 10.9. The number of carbonyl (C=O) groups is 1. The van der Waals surface area contributed by atoms with Gasteiger partial charge in [0.25, 0.3) is 10.9 Å². The van der Waals surface area contributed by atoms with Crippen LogP contribution in [0, 0.1) is 10.1 Å².